The first kappa shape index (κ1) is 18.0. The highest BCUT2D eigenvalue weighted by Gasteiger charge is 2.44. The lowest BCUT2D eigenvalue weighted by molar-refractivity contribution is 0.00380. The van der Waals surface area contributed by atoms with E-state index < -0.39 is 24.1 Å². The van der Waals surface area contributed by atoms with Gasteiger partial charge in [-0.1, -0.05) is 48.0 Å². The van der Waals surface area contributed by atoms with Crippen molar-refractivity contribution in [1.29, 1.82) is 0 Å². The maximum Gasteiger partial charge on any atom is 0.504 e. The Hall–Kier alpha value is -2.80. The number of nitrogens with zero attached hydrogens (tertiary/aromatic N) is 2. The zero-order valence-corrected chi connectivity index (χ0v) is 15.3. The van der Waals surface area contributed by atoms with Gasteiger partial charge in [-0.25, -0.2) is 16.8 Å². The highest BCUT2D eigenvalue weighted by molar-refractivity contribution is 8.31. The van der Waals surface area contributed by atoms with Crippen molar-refractivity contribution >= 4 is 34.8 Å². The van der Waals surface area contributed by atoms with Gasteiger partial charge in [0.1, 0.15) is 0 Å². The number of hydrogen-bond acceptors (Lipinski definition) is 4. The van der Waals surface area contributed by atoms with E-state index in [4.69, 9.17) is 0 Å². The summed E-state index contributed by atoms with van der Waals surface area (Å²) in [4.78, 5) is 2.10. The van der Waals surface area contributed by atoms with Crippen LogP contribution >= 0.6 is 0 Å². The van der Waals surface area contributed by atoms with Gasteiger partial charge in [-0.05, 0) is 42.0 Å². The number of hydrogen-bond donors (Lipinski definition) is 0. The Labute approximate surface area is 151 Å². The van der Waals surface area contributed by atoms with E-state index in [1.807, 2.05) is 0 Å². The molecule has 0 atom stereocenters. The van der Waals surface area contributed by atoms with Gasteiger partial charge < -0.3 is 5.53 Å². The molecule has 0 amide bonds. The molecule has 0 aliphatic rings. The summed E-state index contributed by atoms with van der Waals surface area (Å²) < 4.78 is 49.7. The zero-order valence-electron chi connectivity index (χ0n) is 13.7. The lowest BCUT2D eigenvalue weighted by Crippen LogP contribution is -2.26. The first-order valence-electron chi connectivity index (χ1n) is 7.54. The molecule has 8 heteroatoms. The molecule has 6 nitrogen and oxygen atoms in total. The van der Waals surface area contributed by atoms with Crippen molar-refractivity contribution in [3.63, 3.8) is 0 Å². The van der Waals surface area contributed by atoms with E-state index in [1.54, 1.807) is 37.3 Å². The molecule has 3 rings (SSSR count). The molecule has 0 heterocycles. The number of rotatable bonds is 2. The third-order valence-electron chi connectivity index (χ3n) is 3.90. The van der Waals surface area contributed by atoms with Crippen LogP contribution in [0.3, 0.4) is 0 Å². The smallest absolute Gasteiger partial charge is 0.359 e. The fraction of sp³-hybridized carbons (Fsp3) is 0.0556. The van der Waals surface area contributed by atoms with Crippen molar-refractivity contribution in [3.05, 3.63) is 77.8 Å². The van der Waals surface area contributed by atoms with Crippen LogP contribution in [0.4, 0.5) is 0 Å². The lowest BCUT2D eigenvalue weighted by atomic mass is 10.1. The summed E-state index contributed by atoms with van der Waals surface area (Å²) in [7, 11) is -9.06. The molecule has 0 radical (unpaired) electrons. The fourth-order valence-electron chi connectivity index (χ4n) is 2.51. The molecule has 0 spiro atoms. The molecule has 3 aromatic rings. The second-order valence-corrected chi connectivity index (χ2v) is 9.68. The SMILES string of the molecule is Cc1ccc(S(=O)(=O)C(=[N+]=[N-])S(=O)(=O)c2ccc3ccccc3c2)cc1. The minimum absolute atomic E-state index is 0.264. The van der Waals surface area contributed by atoms with Crippen LogP contribution in [0.15, 0.2) is 76.5 Å². The summed E-state index contributed by atoms with van der Waals surface area (Å²) in [6.07, 6.45) is 0. The summed E-state index contributed by atoms with van der Waals surface area (Å²) in [5.74, 6) is 0. The Kier molecular flexibility index (Phi) is 4.50. The van der Waals surface area contributed by atoms with E-state index in [0.717, 1.165) is 10.9 Å². The standard InChI is InChI=1S/C18H14N2O4S2/c1-13-6-9-16(10-7-13)25(21,22)18(20-19)26(23,24)17-11-8-14-4-2-3-5-15(14)12-17/h2-12H,1H3. The van der Waals surface area contributed by atoms with Gasteiger partial charge in [-0.15, -0.1) is 4.79 Å². The fourth-order valence-corrected chi connectivity index (χ4v) is 5.88. The molecule has 0 aromatic heterocycles. The molecule has 26 heavy (non-hydrogen) atoms. The molecule has 132 valence electrons. The predicted octanol–water partition coefficient (Wildman–Crippen LogP) is 2.98. The molecule has 0 bridgehead atoms. The van der Waals surface area contributed by atoms with Gasteiger partial charge in [0.2, 0.25) is 0 Å². The van der Waals surface area contributed by atoms with Crippen LogP contribution in [0.1, 0.15) is 5.56 Å². The Morgan fingerprint density at radius 1 is 0.769 bits per heavy atom. The maximum atomic E-state index is 12.8. The number of fused-ring (bicyclic) bond motifs is 1. The highest BCUT2D eigenvalue weighted by Crippen LogP contribution is 2.24. The summed E-state index contributed by atoms with van der Waals surface area (Å²) in [6, 6.07) is 16.9. The van der Waals surface area contributed by atoms with Crippen molar-refractivity contribution in [1.82, 2.24) is 0 Å². The van der Waals surface area contributed by atoms with Crippen molar-refractivity contribution in [2.45, 2.75) is 16.7 Å². The molecule has 3 aromatic carbocycles. The number of aryl methyl sites for hydroxylation is 1. The van der Waals surface area contributed by atoms with Crippen LogP contribution in [0, 0.1) is 6.92 Å². The first-order chi connectivity index (χ1) is 12.3. The van der Waals surface area contributed by atoms with Gasteiger partial charge in [0.15, 0.2) is 0 Å². The van der Waals surface area contributed by atoms with Gasteiger partial charge in [0.25, 0.3) is 19.7 Å². The Balaban J connectivity index is 2.16. The quantitative estimate of drug-likeness (QED) is 0.292. The van der Waals surface area contributed by atoms with Gasteiger partial charge in [0, 0.05) is 0 Å². The van der Waals surface area contributed by atoms with Gasteiger partial charge >= 0.3 is 4.38 Å². The van der Waals surface area contributed by atoms with E-state index in [2.05, 4.69) is 4.79 Å². The maximum absolute atomic E-state index is 12.8. The predicted molar refractivity (Wildman–Crippen MR) is 98.1 cm³/mol. The number of sulfone groups is 2. The molecule has 0 saturated carbocycles. The zero-order chi connectivity index (χ0) is 18.9. The molecular formula is C18H14N2O4S2. The third-order valence-corrected chi connectivity index (χ3v) is 8.07. The molecule has 0 unspecified atom stereocenters. The molecule has 0 fully saturated rings. The van der Waals surface area contributed by atoms with E-state index >= 15 is 0 Å². The third kappa shape index (κ3) is 3.06. The average molecular weight is 386 g/mol. The van der Waals surface area contributed by atoms with E-state index in [1.165, 1.54) is 36.4 Å². The second kappa shape index (κ2) is 6.49. The normalized spacial score (nSPS) is 11.9. The average Bonchev–Trinajstić information content (AvgIpc) is 2.61. The lowest BCUT2D eigenvalue weighted by Gasteiger charge is -2.04. The monoisotopic (exact) mass is 386 g/mol. The molecule has 0 saturated heterocycles. The summed E-state index contributed by atoms with van der Waals surface area (Å²) >= 11 is 0. The Bertz CT molecular complexity index is 1260. The van der Waals surface area contributed by atoms with E-state index in [9.17, 15) is 22.4 Å². The van der Waals surface area contributed by atoms with E-state index in [-0.39, 0.29) is 9.79 Å². The minimum atomic E-state index is -4.55. The van der Waals surface area contributed by atoms with Crippen molar-refractivity contribution in [2.24, 2.45) is 0 Å². The van der Waals surface area contributed by atoms with E-state index in [0.29, 0.717) is 5.39 Å². The number of benzene rings is 3. The highest BCUT2D eigenvalue weighted by atomic mass is 32.3. The van der Waals surface area contributed by atoms with Crippen molar-refractivity contribution in [2.75, 3.05) is 0 Å². The van der Waals surface area contributed by atoms with Crippen LogP contribution in [-0.4, -0.2) is 26.0 Å². The van der Waals surface area contributed by atoms with Crippen molar-refractivity contribution in [3.8, 4) is 0 Å². The molecule has 0 aliphatic carbocycles. The van der Waals surface area contributed by atoms with Gasteiger partial charge in [-0.3, -0.25) is 0 Å². The minimum Gasteiger partial charge on any atom is -0.359 e. The van der Waals surface area contributed by atoms with Crippen LogP contribution in [0.5, 0.6) is 0 Å². The summed E-state index contributed by atoms with van der Waals surface area (Å²) in [5, 5.41) is 1.42. The Morgan fingerprint density at radius 2 is 1.31 bits per heavy atom. The topological polar surface area (TPSA) is 105 Å². The molecular weight excluding hydrogens is 372 g/mol. The largest absolute Gasteiger partial charge is 0.504 e. The van der Waals surface area contributed by atoms with Crippen LogP contribution in [0.25, 0.3) is 16.3 Å². The molecule has 0 N–H and O–H groups in total. The second-order valence-electron chi connectivity index (χ2n) is 5.69. The Morgan fingerprint density at radius 3 is 1.92 bits per heavy atom. The van der Waals surface area contributed by atoms with Crippen LogP contribution in [-0.2, 0) is 19.7 Å². The van der Waals surface area contributed by atoms with Gasteiger partial charge in [0.05, 0.1) is 9.79 Å². The van der Waals surface area contributed by atoms with Gasteiger partial charge in [-0.2, -0.15) is 0 Å². The molecule has 0 aliphatic heterocycles. The van der Waals surface area contributed by atoms with Crippen LogP contribution < -0.4 is 0 Å². The van der Waals surface area contributed by atoms with Crippen molar-refractivity contribution < 1.29 is 21.6 Å². The summed E-state index contributed by atoms with van der Waals surface area (Å²) in [6.45, 7) is 1.77. The first-order valence-corrected chi connectivity index (χ1v) is 10.5. The van der Waals surface area contributed by atoms with Crippen LogP contribution in [0.2, 0.25) is 0 Å². The summed E-state index contributed by atoms with van der Waals surface area (Å²) in [5.41, 5.74) is 10.0.